The maximum absolute atomic E-state index is 2.36. The molecule has 0 N–H and O–H groups in total. The summed E-state index contributed by atoms with van der Waals surface area (Å²) in [4.78, 5) is 0. The third-order valence-corrected chi connectivity index (χ3v) is 3.55. The maximum Gasteiger partial charge on any atom is 0.00314 e. The summed E-state index contributed by atoms with van der Waals surface area (Å²) in [5.74, 6) is 1.93. The molecule has 0 saturated heterocycles. The molecule has 0 nitrogen and oxygen atoms in total. The molecule has 0 amide bonds. The molecule has 1 heteroatoms. The third-order valence-electron chi connectivity index (χ3n) is 2.26. The molecule has 0 aliphatic carbocycles. The molecule has 0 heterocycles. The second kappa shape index (κ2) is 4.13. The third kappa shape index (κ3) is 2.51. The van der Waals surface area contributed by atoms with Crippen LogP contribution in [0.3, 0.4) is 0 Å². The van der Waals surface area contributed by atoms with Crippen molar-refractivity contribution in [1.82, 2.24) is 0 Å². The zero-order valence-electron chi connectivity index (χ0n) is 6.57. The molecule has 0 aromatic rings. The second-order valence-corrected chi connectivity index (χ2v) is 3.59. The van der Waals surface area contributed by atoms with Crippen molar-refractivity contribution in [3.8, 4) is 0 Å². The summed E-state index contributed by atoms with van der Waals surface area (Å²) < 4.78 is 0. The van der Waals surface area contributed by atoms with Gasteiger partial charge in [-0.15, -0.1) is 0 Å². The lowest BCUT2D eigenvalue weighted by atomic mass is 9.96. The SMILES string of the molecule is CCC(C)C(C)C[SiH3]. The van der Waals surface area contributed by atoms with Gasteiger partial charge in [-0.05, 0) is 11.8 Å². The van der Waals surface area contributed by atoms with Crippen molar-refractivity contribution < 1.29 is 0 Å². The molecule has 0 fully saturated rings. The van der Waals surface area contributed by atoms with Crippen LogP contribution >= 0.6 is 0 Å². The standard InChI is InChI=1S/C7H18Si/c1-4-6(2)7(3)5-8/h6-7H,4-5H2,1-3,8H3. The highest BCUT2D eigenvalue weighted by Crippen LogP contribution is 2.16. The Hall–Kier alpha value is 0.217. The molecular formula is C7H18Si. The fraction of sp³-hybridized carbons (Fsp3) is 1.00. The van der Waals surface area contributed by atoms with E-state index in [2.05, 4.69) is 20.8 Å². The van der Waals surface area contributed by atoms with Crippen molar-refractivity contribution in [2.24, 2.45) is 11.8 Å². The summed E-state index contributed by atoms with van der Waals surface area (Å²) in [7, 11) is 1.38. The normalized spacial score (nSPS) is 18.4. The minimum absolute atomic E-state index is 0.951. The van der Waals surface area contributed by atoms with Crippen LogP contribution in [-0.2, 0) is 0 Å². The molecule has 0 aliphatic heterocycles. The molecule has 0 radical (unpaired) electrons. The minimum Gasteiger partial charge on any atom is -0.0651 e. The second-order valence-electron chi connectivity index (χ2n) is 2.77. The average molecular weight is 130 g/mol. The fourth-order valence-electron chi connectivity index (χ4n) is 0.805. The van der Waals surface area contributed by atoms with E-state index < -0.39 is 0 Å². The first-order chi connectivity index (χ1) is 3.72. The molecule has 0 spiro atoms. The van der Waals surface area contributed by atoms with Gasteiger partial charge in [0.25, 0.3) is 0 Å². The van der Waals surface area contributed by atoms with Crippen molar-refractivity contribution in [3.05, 3.63) is 0 Å². The van der Waals surface area contributed by atoms with Gasteiger partial charge in [0.05, 0.1) is 0 Å². The topological polar surface area (TPSA) is 0 Å². The molecule has 0 bridgehead atoms. The first kappa shape index (κ1) is 8.22. The van der Waals surface area contributed by atoms with Crippen LogP contribution in [0.2, 0.25) is 6.04 Å². The van der Waals surface area contributed by atoms with E-state index in [1.165, 1.54) is 22.7 Å². The molecule has 0 aromatic carbocycles. The van der Waals surface area contributed by atoms with Crippen molar-refractivity contribution in [1.29, 1.82) is 0 Å². The molecule has 0 aliphatic rings. The summed E-state index contributed by atoms with van der Waals surface area (Å²) in [6.07, 6.45) is 1.35. The predicted octanol–water partition coefficient (Wildman–Crippen LogP) is 1.45. The first-order valence-electron chi connectivity index (χ1n) is 3.72. The van der Waals surface area contributed by atoms with Gasteiger partial charge in [0, 0.05) is 10.2 Å². The Morgan fingerprint density at radius 3 is 1.88 bits per heavy atom. The molecule has 8 heavy (non-hydrogen) atoms. The maximum atomic E-state index is 2.36. The van der Waals surface area contributed by atoms with Gasteiger partial charge in [-0.25, -0.2) is 0 Å². The van der Waals surface area contributed by atoms with E-state index in [-0.39, 0.29) is 0 Å². The van der Waals surface area contributed by atoms with Crippen molar-refractivity contribution >= 4 is 10.2 Å². The smallest absolute Gasteiger partial charge is 0.00314 e. The van der Waals surface area contributed by atoms with E-state index in [4.69, 9.17) is 0 Å². The minimum atomic E-state index is 0.951. The summed E-state index contributed by atoms with van der Waals surface area (Å²) in [6, 6.07) is 1.47. The van der Waals surface area contributed by atoms with E-state index in [9.17, 15) is 0 Å². The summed E-state index contributed by atoms with van der Waals surface area (Å²) in [6.45, 7) is 6.99. The van der Waals surface area contributed by atoms with E-state index in [0.29, 0.717) is 0 Å². The van der Waals surface area contributed by atoms with Gasteiger partial charge in [0.1, 0.15) is 0 Å². The lowest BCUT2D eigenvalue weighted by Gasteiger charge is -2.14. The highest BCUT2D eigenvalue weighted by molar-refractivity contribution is 6.08. The zero-order valence-corrected chi connectivity index (χ0v) is 8.57. The number of hydrogen-bond donors (Lipinski definition) is 0. The highest BCUT2D eigenvalue weighted by atomic mass is 28.1. The van der Waals surface area contributed by atoms with E-state index in [1.54, 1.807) is 0 Å². The van der Waals surface area contributed by atoms with Crippen LogP contribution in [0.25, 0.3) is 0 Å². The van der Waals surface area contributed by atoms with Crippen LogP contribution in [0, 0.1) is 11.8 Å². The Balaban J connectivity index is 3.29. The van der Waals surface area contributed by atoms with Crippen LogP contribution in [0.4, 0.5) is 0 Å². The van der Waals surface area contributed by atoms with Gasteiger partial charge in [-0.3, -0.25) is 0 Å². The van der Waals surface area contributed by atoms with Crippen LogP contribution < -0.4 is 0 Å². The lowest BCUT2D eigenvalue weighted by Crippen LogP contribution is -2.05. The Bertz CT molecular complexity index is 44.3. The summed E-state index contributed by atoms with van der Waals surface area (Å²) in [5.41, 5.74) is 0. The van der Waals surface area contributed by atoms with Crippen LogP contribution in [0.1, 0.15) is 27.2 Å². The Kier molecular flexibility index (Phi) is 4.24. The van der Waals surface area contributed by atoms with Gasteiger partial charge in [0.15, 0.2) is 0 Å². The summed E-state index contributed by atoms with van der Waals surface area (Å²) in [5, 5.41) is 0. The van der Waals surface area contributed by atoms with Gasteiger partial charge in [0.2, 0.25) is 0 Å². The fourth-order valence-corrected chi connectivity index (χ4v) is 1.61. The molecule has 50 valence electrons. The predicted molar refractivity (Wildman–Crippen MR) is 43.4 cm³/mol. The van der Waals surface area contributed by atoms with Crippen LogP contribution in [0.5, 0.6) is 0 Å². The molecule has 0 rings (SSSR count). The Morgan fingerprint density at radius 2 is 1.75 bits per heavy atom. The highest BCUT2D eigenvalue weighted by Gasteiger charge is 2.05. The monoisotopic (exact) mass is 130 g/mol. The molecule has 2 atom stereocenters. The quantitative estimate of drug-likeness (QED) is 0.507. The first-order valence-corrected chi connectivity index (χ1v) is 5.13. The number of rotatable bonds is 3. The van der Waals surface area contributed by atoms with E-state index in [0.717, 1.165) is 11.8 Å². The van der Waals surface area contributed by atoms with Crippen molar-refractivity contribution in [2.75, 3.05) is 0 Å². The van der Waals surface area contributed by atoms with Gasteiger partial charge in [-0.1, -0.05) is 33.2 Å². The van der Waals surface area contributed by atoms with Gasteiger partial charge < -0.3 is 0 Å². The van der Waals surface area contributed by atoms with Gasteiger partial charge in [-0.2, -0.15) is 0 Å². The van der Waals surface area contributed by atoms with Crippen LogP contribution in [-0.4, -0.2) is 10.2 Å². The Morgan fingerprint density at radius 1 is 1.25 bits per heavy atom. The van der Waals surface area contributed by atoms with E-state index in [1.807, 2.05) is 0 Å². The average Bonchev–Trinajstić information content (AvgIpc) is 1.84. The zero-order chi connectivity index (χ0) is 6.57. The van der Waals surface area contributed by atoms with Crippen molar-refractivity contribution in [2.45, 2.75) is 33.2 Å². The lowest BCUT2D eigenvalue weighted by molar-refractivity contribution is 0.408. The van der Waals surface area contributed by atoms with Crippen LogP contribution in [0.15, 0.2) is 0 Å². The molecule has 0 aromatic heterocycles. The van der Waals surface area contributed by atoms with Gasteiger partial charge >= 0.3 is 0 Å². The Labute approximate surface area is 56.1 Å². The van der Waals surface area contributed by atoms with E-state index >= 15 is 0 Å². The van der Waals surface area contributed by atoms with Crippen molar-refractivity contribution in [3.63, 3.8) is 0 Å². The molecular weight excluding hydrogens is 112 g/mol. The molecule has 2 unspecified atom stereocenters. The molecule has 0 saturated carbocycles. The number of hydrogen-bond acceptors (Lipinski definition) is 0. The summed E-state index contributed by atoms with van der Waals surface area (Å²) >= 11 is 0. The largest absolute Gasteiger partial charge is 0.0651 e.